The normalized spacial score (nSPS) is 10.4. The highest BCUT2D eigenvalue weighted by atomic mass is 16.2. The van der Waals surface area contributed by atoms with E-state index in [-0.39, 0.29) is 11.8 Å². The molecule has 1 heterocycles. The van der Waals surface area contributed by atoms with Gasteiger partial charge in [0.2, 0.25) is 5.91 Å². The van der Waals surface area contributed by atoms with Crippen LogP contribution < -0.4 is 16.0 Å². The van der Waals surface area contributed by atoms with Crippen LogP contribution in [0.1, 0.15) is 37.6 Å². The number of amides is 2. The molecule has 2 rings (SSSR count). The molecule has 1 aromatic heterocycles. The molecular formula is C19H24N4O2. The van der Waals surface area contributed by atoms with Crippen molar-refractivity contribution in [2.75, 3.05) is 17.2 Å². The zero-order valence-electron chi connectivity index (χ0n) is 14.8. The third-order valence-corrected chi connectivity index (χ3v) is 3.50. The van der Waals surface area contributed by atoms with E-state index in [9.17, 15) is 9.59 Å². The Bertz CT molecular complexity index is 726. The highest BCUT2D eigenvalue weighted by Gasteiger charge is 2.07. The molecule has 3 N–H and O–H groups in total. The van der Waals surface area contributed by atoms with Gasteiger partial charge in [0.1, 0.15) is 0 Å². The Morgan fingerprint density at radius 1 is 1.04 bits per heavy atom. The van der Waals surface area contributed by atoms with E-state index in [0.717, 1.165) is 23.5 Å². The lowest BCUT2D eigenvalue weighted by Crippen LogP contribution is -2.25. The Kier molecular flexibility index (Phi) is 6.51. The van der Waals surface area contributed by atoms with Crippen LogP contribution in [-0.2, 0) is 4.79 Å². The quantitative estimate of drug-likeness (QED) is 0.720. The van der Waals surface area contributed by atoms with E-state index in [0.29, 0.717) is 18.0 Å². The van der Waals surface area contributed by atoms with Crippen LogP contribution in [-0.4, -0.2) is 23.3 Å². The van der Waals surface area contributed by atoms with E-state index < -0.39 is 0 Å². The van der Waals surface area contributed by atoms with Crippen molar-refractivity contribution in [3.8, 4) is 0 Å². The largest absolute Gasteiger partial charge is 0.354 e. The molecule has 0 unspecified atom stereocenters. The zero-order valence-corrected chi connectivity index (χ0v) is 14.8. The molecule has 0 aliphatic carbocycles. The summed E-state index contributed by atoms with van der Waals surface area (Å²) in [5.41, 5.74) is 2.81. The van der Waals surface area contributed by atoms with Crippen molar-refractivity contribution in [2.45, 2.75) is 27.2 Å². The fourth-order valence-electron chi connectivity index (χ4n) is 2.22. The number of rotatable bonds is 7. The number of hydrogen-bond acceptors (Lipinski definition) is 4. The van der Waals surface area contributed by atoms with Gasteiger partial charge in [-0.25, -0.2) is 0 Å². The minimum absolute atomic E-state index is 0.110. The Morgan fingerprint density at radius 3 is 2.36 bits per heavy atom. The molecule has 0 aliphatic rings. The van der Waals surface area contributed by atoms with Gasteiger partial charge in [0.05, 0.1) is 17.4 Å². The van der Waals surface area contributed by atoms with Crippen molar-refractivity contribution >= 4 is 28.9 Å². The Labute approximate surface area is 148 Å². The van der Waals surface area contributed by atoms with Gasteiger partial charge in [0, 0.05) is 31.0 Å². The summed E-state index contributed by atoms with van der Waals surface area (Å²) in [5.74, 6) is 0.311. The summed E-state index contributed by atoms with van der Waals surface area (Å²) in [7, 11) is 0. The number of anilines is 3. The van der Waals surface area contributed by atoms with Crippen molar-refractivity contribution in [1.82, 2.24) is 10.3 Å². The molecule has 0 atom stereocenters. The van der Waals surface area contributed by atoms with Crippen LogP contribution in [0.5, 0.6) is 0 Å². The van der Waals surface area contributed by atoms with Crippen LogP contribution in [0, 0.1) is 5.92 Å². The fraction of sp³-hybridized carbons (Fsp3) is 0.316. The molecule has 0 saturated heterocycles. The molecule has 0 saturated carbocycles. The van der Waals surface area contributed by atoms with Gasteiger partial charge in [-0.1, -0.05) is 13.8 Å². The van der Waals surface area contributed by atoms with Gasteiger partial charge in [-0.2, -0.15) is 0 Å². The number of aromatic nitrogens is 1. The van der Waals surface area contributed by atoms with Crippen LogP contribution in [0.15, 0.2) is 42.7 Å². The minimum atomic E-state index is -0.127. The summed E-state index contributed by atoms with van der Waals surface area (Å²) in [4.78, 5) is 27.3. The molecule has 1 aromatic carbocycles. The van der Waals surface area contributed by atoms with Crippen molar-refractivity contribution in [3.05, 3.63) is 48.3 Å². The molecular weight excluding hydrogens is 316 g/mol. The number of nitrogens with one attached hydrogen (secondary N) is 3. The van der Waals surface area contributed by atoms with Crippen LogP contribution in [0.2, 0.25) is 0 Å². The SMILES string of the molecule is CC(=O)Nc1ccc(Nc2cncc(C(=O)NCCC(C)C)c2)cc1. The molecule has 132 valence electrons. The number of carbonyl (C=O) groups excluding carboxylic acids is 2. The number of hydrogen-bond donors (Lipinski definition) is 3. The Balaban J connectivity index is 1.98. The van der Waals surface area contributed by atoms with Crippen LogP contribution >= 0.6 is 0 Å². The van der Waals surface area contributed by atoms with Crippen LogP contribution in [0.25, 0.3) is 0 Å². The summed E-state index contributed by atoms with van der Waals surface area (Å²) in [6.45, 7) is 6.36. The summed E-state index contributed by atoms with van der Waals surface area (Å²) >= 11 is 0. The smallest absolute Gasteiger partial charge is 0.252 e. The van der Waals surface area contributed by atoms with Crippen LogP contribution in [0.3, 0.4) is 0 Å². The van der Waals surface area contributed by atoms with E-state index >= 15 is 0 Å². The average molecular weight is 340 g/mol. The van der Waals surface area contributed by atoms with E-state index in [1.54, 1.807) is 30.6 Å². The topological polar surface area (TPSA) is 83.1 Å². The monoisotopic (exact) mass is 340 g/mol. The standard InChI is InChI=1S/C19H24N4O2/c1-13(2)8-9-21-19(25)15-10-18(12-20-11-15)23-17-6-4-16(5-7-17)22-14(3)24/h4-7,10-13,23H,8-9H2,1-3H3,(H,21,25)(H,22,24). The first-order valence-electron chi connectivity index (χ1n) is 8.32. The lowest BCUT2D eigenvalue weighted by atomic mass is 10.1. The first-order valence-corrected chi connectivity index (χ1v) is 8.32. The second kappa shape index (κ2) is 8.82. The highest BCUT2D eigenvalue weighted by molar-refractivity contribution is 5.94. The predicted molar refractivity (Wildman–Crippen MR) is 100 cm³/mol. The summed E-state index contributed by atoms with van der Waals surface area (Å²) in [5, 5.41) is 8.81. The molecule has 25 heavy (non-hydrogen) atoms. The maximum atomic E-state index is 12.2. The second-order valence-corrected chi connectivity index (χ2v) is 6.28. The average Bonchev–Trinajstić information content (AvgIpc) is 2.56. The van der Waals surface area contributed by atoms with Gasteiger partial charge in [-0.15, -0.1) is 0 Å². The van der Waals surface area contributed by atoms with Gasteiger partial charge in [0.25, 0.3) is 5.91 Å². The Hall–Kier alpha value is -2.89. The first-order chi connectivity index (χ1) is 11.9. The molecule has 2 aromatic rings. The van der Waals surface area contributed by atoms with E-state index in [1.165, 1.54) is 6.92 Å². The van der Waals surface area contributed by atoms with E-state index in [4.69, 9.17) is 0 Å². The molecule has 0 fully saturated rings. The number of carbonyl (C=O) groups is 2. The summed E-state index contributed by atoms with van der Waals surface area (Å²) in [6.07, 6.45) is 4.15. The Morgan fingerprint density at radius 2 is 1.72 bits per heavy atom. The van der Waals surface area contributed by atoms with Crippen molar-refractivity contribution in [3.63, 3.8) is 0 Å². The van der Waals surface area contributed by atoms with Gasteiger partial charge < -0.3 is 16.0 Å². The van der Waals surface area contributed by atoms with Gasteiger partial charge in [0.15, 0.2) is 0 Å². The van der Waals surface area contributed by atoms with Crippen molar-refractivity contribution in [1.29, 1.82) is 0 Å². The summed E-state index contributed by atoms with van der Waals surface area (Å²) in [6, 6.07) is 9.07. The molecule has 6 heteroatoms. The maximum Gasteiger partial charge on any atom is 0.252 e. The fourth-order valence-corrected chi connectivity index (χ4v) is 2.22. The third kappa shape index (κ3) is 6.25. The van der Waals surface area contributed by atoms with Gasteiger partial charge >= 0.3 is 0 Å². The molecule has 0 spiro atoms. The molecule has 6 nitrogen and oxygen atoms in total. The van der Waals surface area contributed by atoms with Crippen LogP contribution in [0.4, 0.5) is 17.1 Å². The van der Waals surface area contributed by atoms with Gasteiger partial charge in [-0.3, -0.25) is 14.6 Å². The molecule has 2 amide bonds. The number of nitrogens with zero attached hydrogens (tertiary/aromatic N) is 1. The van der Waals surface area contributed by atoms with Crippen molar-refractivity contribution < 1.29 is 9.59 Å². The van der Waals surface area contributed by atoms with Gasteiger partial charge in [-0.05, 0) is 42.7 Å². The maximum absolute atomic E-state index is 12.2. The molecule has 0 aliphatic heterocycles. The van der Waals surface area contributed by atoms with Crippen molar-refractivity contribution in [2.24, 2.45) is 5.92 Å². The second-order valence-electron chi connectivity index (χ2n) is 6.28. The lowest BCUT2D eigenvalue weighted by Gasteiger charge is -2.10. The molecule has 0 bridgehead atoms. The minimum Gasteiger partial charge on any atom is -0.354 e. The zero-order chi connectivity index (χ0) is 18.2. The van der Waals surface area contributed by atoms with E-state index in [2.05, 4.69) is 34.8 Å². The summed E-state index contributed by atoms with van der Waals surface area (Å²) < 4.78 is 0. The first kappa shape index (κ1) is 18.4. The predicted octanol–water partition coefficient (Wildman–Crippen LogP) is 3.56. The van der Waals surface area contributed by atoms with E-state index in [1.807, 2.05) is 12.1 Å². The third-order valence-electron chi connectivity index (χ3n) is 3.50. The molecule has 0 radical (unpaired) electrons. The number of benzene rings is 1. The lowest BCUT2D eigenvalue weighted by molar-refractivity contribution is -0.114. The number of pyridine rings is 1. The highest BCUT2D eigenvalue weighted by Crippen LogP contribution is 2.19.